The molecule has 1 saturated heterocycles. The molecule has 0 saturated carbocycles. The van der Waals surface area contributed by atoms with Gasteiger partial charge >= 0.3 is 0 Å². The predicted molar refractivity (Wildman–Crippen MR) is 76.7 cm³/mol. The van der Waals surface area contributed by atoms with Crippen molar-refractivity contribution < 1.29 is 8.42 Å². The summed E-state index contributed by atoms with van der Waals surface area (Å²) in [6.45, 7) is 6.22. The molecular formula is C12H21N5O2S. The number of piperazine rings is 1. The van der Waals surface area contributed by atoms with Crippen molar-refractivity contribution in [1.29, 1.82) is 0 Å². The number of aromatic nitrogens is 2. The van der Waals surface area contributed by atoms with Crippen molar-refractivity contribution in [3.8, 4) is 0 Å². The van der Waals surface area contributed by atoms with Gasteiger partial charge in [-0.3, -0.25) is 4.90 Å². The van der Waals surface area contributed by atoms with Crippen molar-refractivity contribution in [3.05, 3.63) is 23.8 Å². The minimum Gasteiger partial charge on any atom is -0.314 e. The number of hydrogen-bond acceptors (Lipinski definition) is 6. The highest BCUT2D eigenvalue weighted by Gasteiger charge is 2.15. The molecule has 20 heavy (non-hydrogen) atoms. The third kappa shape index (κ3) is 5.12. The number of nitrogens with one attached hydrogen (secondary N) is 2. The molecule has 2 heterocycles. The van der Waals surface area contributed by atoms with Gasteiger partial charge in [0, 0.05) is 38.9 Å². The fourth-order valence-electron chi connectivity index (χ4n) is 2.04. The standard InChI is InChI=1S/C12H21N5O2S/c1-11-14-3-2-12(16-11)10-15-20(18,19)9-8-17-6-4-13-5-7-17/h2-3,13,15H,4-10H2,1H3. The summed E-state index contributed by atoms with van der Waals surface area (Å²) in [6, 6.07) is 1.71. The SMILES string of the molecule is Cc1nccc(CNS(=O)(=O)CCN2CCNCC2)n1. The molecule has 112 valence electrons. The molecule has 1 aromatic heterocycles. The van der Waals surface area contributed by atoms with E-state index in [2.05, 4.69) is 24.9 Å². The Labute approximate surface area is 119 Å². The molecule has 1 fully saturated rings. The number of rotatable bonds is 6. The summed E-state index contributed by atoms with van der Waals surface area (Å²) in [5.41, 5.74) is 0.684. The first-order valence-corrected chi connectivity index (χ1v) is 8.39. The van der Waals surface area contributed by atoms with E-state index in [9.17, 15) is 8.42 Å². The van der Waals surface area contributed by atoms with Crippen LogP contribution < -0.4 is 10.0 Å². The molecule has 0 unspecified atom stereocenters. The largest absolute Gasteiger partial charge is 0.314 e. The number of hydrogen-bond donors (Lipinski definition) is 2. The third-order valence-corrected chi connectivity index (χ3v) is 4.50. The summed E-state index contributed by atoms with van der Waals surface area (Å²) in [4.78, 5) is 10.3. The number of sulfonamides is 1. The van der Waals surface area contributed by atoms with E-state index in [1.165, 1.54) is 0 Å². The van der Waals surface area contributed by atoms with Gasteiger partial charge in [0.2, 0.25) is 10.0 Å². The summed E-state index contributed by atoms with van der Waals surface area (Å²) < 4.78 is 26.5. The normalized spacial score (nSPS) is 17.2. The van der Waals surface area contributed by atoms with Gasteiger partial charge in [-0.2, -0.15) is 0 Å². The van der Waals surface area contributed by atoms with Gasteiger partial charge in [-0.25, -0.2) is 23.1 Å². The lowest BCUT2D eigenvalue weighted by atomic mass is 10.4. The Bertz CT molecular complexity index is 528. The molecule has 0 atom stereocenters. The van der Waals surface area contributed by atoms with Crippen molar-refractivity contribution in [2.45, 2.75) is 13.5 Å². The Hall–Kier alpha value is -1.09. The lowest BCUT2D eigenvalue weighted by Crippen LogP contribution is -2.45. The van der Waals surface area contributed by atoms with Crippen LogP contribution in [0.2, 0.25) is 0 Å². The second kappa shape index (κ2) is 7.07. The smallest absolute Gasteiger partial charge is 0.213 e. The van der Waals surface area contributed by atoms with Gasteiger partial charge in [-0.15, -0.1) is 0 Å². The van der Waals surface area contributed by atoms with Crippen molar-refractivity contribution >= 4 is 10.0 Å². The summed E-state index contributed by atoms with van der Waals surface area (Å²) in [7, 11) is -3.26. The van der Waals surface area contributed by atoms with Crippen molar-refractivity contribution in [2.24, 2.45) is 0 Å². The van der Waals surface area contributed by atoms with Gasteiger partial charge in [0.25, 0.3) is 0 Å². The highest BCUT2D eigenvalue weighted by atomic mass is 32.2. The number of nitrogens with zero attached hydrogens (tertiary/aromatic N) is 3. The summed E-state index contributed by atoms with van der Waals surface area (Å²) in [5, 5.41) is 3.24. The van der Waals surface area contributed by atoms with Gasteiger partial charge in [0.1, 0.15) is 5.82 Å². The van der Waals surface area contributed by atoms with E-state index in [0.717, 1.165) is 26.2 Å². The van der Waals surface area contributed by atoms with E-state index in [1.807, 2.05) is 0 Å². The molecule has 0 aliphatic carbocycles. The van der Waals surface area contributed by atoms with Crippen LogP contribution in [0.5, 0.6) is 0 Å². The molecule has 1 aliphatic rings. The molecule has 1 aromatic rings. The molecular weight excluding hydrogens is 278 g/mol. The zero-order valence-corrected chi connectivity index (χ0v) is 12.5. The molecule has 8 heteroatoms. The second-order valence-corrected chi connectivity index (χ2v) is 6.75. The van der Waals surface area contributed by atoms with E-state index in [0.29, 0.717) is 18.1 Å². The Morgan fingerprint density at radius 1 is 1.40 bits per heavy atom. The van der Waals surface area contributed by atoms with Gasteiger partial charge in [0.05, 0.1) is 18.0 Å². The van der Waals surface area contributed by atoms with E-state index in [4.69, 9.17) is 0 Å². The first-order valence-electron chi connectivity index (χ1n) is 6.74. The Balaban J connectivity index is 1.78. The molecule has 0 aromatic carbocycles. The van der Waals surface area contributed by atoms with Gasteiger partial charge in [0.15, 0.2) is 0 Å². The minimum atomic E-state index is -3.26. The van der Waals surface area contributed by atoms with Crippen molar-refractivity contribution in [1.82, 2.24) is 24.9 Å². The van der Waals surface area contributed by atoms with Crippen LogP contribution in [0.25, 0.3) is 0 Å². The van der Waals surface area contributed by atoms with Gasteiger partial charge in [-0.1, -0.05) is 0 Å². The fourth-order valence-corrected chi connectivity index (χ4v) is 3.05. The average molecular weight is 299 g/mol. The lowest BCUT2D eigenvalue weighted by molar-refractivity contribution is 0.253. The molecule has 1 aliphatic heterocycles. The predicted octanol–water partition coefficient (Wildman–Crippen LogP) is -0.890. The second-order valence-electron chi connectivity index (χ2n) is 4.83. The third-order valence-electron chi connectivity index (χ3n) is 3.19. The van der Waals surface area contributed by atoms with Crippen LogP contribution in [0.1, 0.15) is 11.5 Å². The first-order chi connectivity index (χ1) is 9.55. The molecule has 0 amide bonds. The van der Waals surface area contributed by atoms with Gasteiger partial charge in [-0.05, 0) is 13.0 Å². The topological polar surface area (TPSA) is 87.2 Å². The van der Waals surface area contributed by atoms with Gasteiger partial charge < -0.3 is 5.32 Å². The maximum atomic E-state index is 11.9. The van der Waals surface area contributed by atoms with Crippen LogP contribution in [0.4, 0.5) is 0 Å². The molecule has 2 N–H and O–H groups in total. The Morgan fingerprint density at radius 3 is 2.85 bits per heavy atom. The zero-order valence-electron chi connectivity index (χ0n) is 11.7. The van der Waals surface area contributed by atoms with Crippen LogP contribution in [0, 0.1) is 6.92 Å². The monoisotopic (exact) mass is 299 g/mol. The highest BCUT2D eigenvalue weighted by Crippen LogP contribution is 1.98. The zero-order chi connectivity index (χ0) is 14.4. The molecule has 2 rings (SSSR count). The van der Waals surface area contributed by atoms with Crippen molar-refractivity contribution in [2.75, 3.05) is 38.5 Å². The molecule has 0 spiro atoms. The van der Waals surface area contributed by atoms with Crippen LogP contribution >= 0.6 is 0 Å². The van der Waals surface area contributed by atoms with Crippen molar-refractivity contribution in [3.63, 3.8) is 0 Å². The Morgan fingerprint density at radius 2 is 2.15 bits per heavy atom. The average Bonchev–Trinajstić information content (AvgIpc) is 2.45. The van der Waals surface area contributed by atoms with Crippen LogP contribution in [0.3, 0.4) is 0 Å². The minimum absolute atomic E-state index is 0.122. The van der Waals surface area contributed by atoms with E-state index in [1.54, 1.807) is 19.2 Å². The molecule has 0 bridgehead atoms. The summed E-state index contributed by atoms with van der Waals surface area (Å²) in [6.07, 6.45) is 1.63. The first kappa shape index (κ1) is 15.3. The lowest BCUT2D eigenvalue weighted by Gasteiger charge is -2.26. The maximum Gasteiger partial charge on any atom is 0.213 e. The Kier molecular flexibility index (Phi) is 5.41. The maximum absolute atomic E-state index is 11.9. The fraction of sp³-hybridized carbons (Fsp3) is 0.667. The molecule has 0 radical (unpaired) electrons. The van der Waals surface area contributed by atoms with E-state index >= 15 is 0 Å². The summed E-state index contributed by atoms with van der Waals surface area (Å²) in [5.74, 6) is 0.763. The summed E-state index contributed by atoms with van der Waals surface area (Å²) >= 11 is 0. The van der Waals surface area contributed by atoms with E-state index in [-0.39, 0.29) is 12.3 Å². The quantitative estimate of drug-likeness (QED) is 0.708. The highest BCUT2D eigenvalue weighted by molar-refractivity contribution is 7.89. The molecule has 7 nitrogen and oxygen atoms in total. The van der Waals surface area contributed by atoms with Crippen LogP contribution in [0.15, 0.2) is 12.3 Å². The number of aryl methyl sites for hydroxylation is 1. The van der Waals surface area contributed by atoms with E-state index < -0.39 is 10.0 Å². The van der Waals surface area contributed by atoms with Crippen LogP contribution in [-0.2, 0) is 16.6 Å². The van der Waals surface area contributed by atoms with Crippen LogP contribution in [-0.4, -0.2) is 61.8 Å².